The zero-order valence-corrected chi connectivity index (χ0v) is 12.8. The smallest absolute Gasteiger partial charge is 0.314 e. The molecule has 2 amide bonds. The van der Waals surface area contributed by atoms with Crippen molar-refractivity contribution >= 4 is 6.03 Å². The van der Waals surface area contributed by atoms with Gasteiger partial charge in [0.2, 0.25) is 0 Å². The van der Waals surface area contributed by atoms with Crippen molar-refractivity contribution in [2.24, 2.45) is 0 Å². The van der Waals surface area contributed by atoms with Crippen molar-refractivity contribution in [1.29, 1.82) is 0 Å². The topological polar surface area (TPSA) is 66.5 Å². The number of ether oxygens (including phenoxy) is 1. The van der Waals surface area contributed by atoms with Crippen molar-refractivity contribution in [3.63, 3.8) is 0 Å². The van der Waals surface area contributed by atoms with Gasteiger partial charge in [-0.3, -0.25) is 9.88 Å². The summed E-state index contributed by atoms with van der Waals surface area (Å²) >= 11 is 0. The number of urea groups is 1. The molecule has 2 aliphatic rings. The molecule has 22 heavy (non-hydrogen) atoms. The van der Waals surface area contributed by atoms with Gasteiger partial charge in [-0.2, -0.15) is 0 Å². The van der Waals surface area contributed by atoms with Gasteiger partial charge in [-0.25, -0.2) is 4.79 Å². The zero-order valence-electron chi connectivity index (χ0n) is 12.8. The van der Waals surface area contributed by atoms with Gasteiger partial charge in [0.15, 0.2) is 0 Å². The normalized spacial score (nSPS) is 24.7. The summed E-state index contributed by atoms with van der Waals surface area (Å²) in [7, 11) is 0. The van der Waals surface area contributed by atoms with Crippen LogP contribution in [0.15, 0.2) is 24.5 Å². The lowest BCUT2D eigenvalue weighted by Gasteiger charge is -2.35. The lowest BCUT2D eigenvalue weighted by molar-refractivity contribution is -0.0457. The van der Waals surface area contributed by atoms with Crippen LogP contribution in [-0.2, 0) is 11.2 Å². The fourth-order valence-electron chi connectivity index (χ4n) is 3.14. The summed E-state index contributed by atoms with van der Waals surface area (Å²) in [6, 6.07) is 4.39. The zero-order chi connectivity index (χ0) is 15.2. The minimum atomic E-state index is -0.129. The third kappa shape index (κ3) is 4.18. The number of fused-ring (bicyclic) bond motifs is 1. The summed E-state index contributed by atoms with van der Waals surface area (Å²) in [5.41, 5.74) is 1.12. The van der Waals surface area contributed by atoms with Crippen LogP contribution < -0.4 is 10.6 Å². The Morgan fingerprint density at radius 1 is 1.45 bits per heavy atom. The molecule has 1 aromatic heterocycles. The second-order valence-electron chi connectivity index (χ2n) is 5.99. The maximum absolute atomic E-state index is 11.8. The Balaban J connectivity index is 1.31. The van der Waals surface area contributed by atoms with Crippen molar-refractivity contribution in [3.8, 4) is 0 Å². The molecule has 3 heterocycles. The maximum atomic E-state index is 11.8. The van der Waals surface area contributed by atoms with E-state index in [-0.39, 0.29) is 12.1 Å². The quantitative estimate of drug-likeness (QED) is 0.844. The predicted octanol–water partition coefficient (Wildman–Crippen LogP) is 0.786. The highest BCUT2D eigenvalue weighted by atomic mass is 16.5. The Morgan fingerprint density at radius 2 is 2.41 bits per heavy atom. The van der Waals surface area contributed by atoms with E-state index in [1.807, 2.05) is 18.3 Å². The molecule has 3 rings (SSSR count). The van der Waals surface area contributed by atoms with E-state index >= 15 is 0 Å². The summed E-state index contributed by atoms with van der Waals surface area (Å²) < 4.78 is 5.82. The van der Waals surface area contributed by atoms with Gasteiger partial charge in [0.1, 0.15) is 0 Å². The first-order valence-corrected chi connectivity index (χ1v) is 8.07. The van der Waals surface area contributed by atoms with Crippen LogP contribution in [-0.4, -0.2) is 60.8 Å². The van der Waals surface area contributed by atoms with Gasteiger partial charge < -0.3 is 15.4 Å². The van der Waals surface area contributed by atoms with Gasteiger partial charge in [-0.05, 0) is 37.4 Å². The van der Waals surface area contributed by atoms with Crippen molar-refractivity contribution in [2.45, 2.75) is 31.4 Å². The SMILES string of the molecule is O=C(NCCc1cccnc1)NCC1CN2CCCC2CO1. The molecule has 6 heteroatoms. The molecule has 0 radical (unpaired) electrons. The lowest BCUT2D eigenvalue weighted by atomic mass is 10.2. The highest BCUT2D eigenvalue weighted by molar-refractivity contribution is 5.73. The summed E-state index contributed by atoms with van der Waals surface area (Å²) in [5, 5.41) is 5.77. The number of pyridine rings is 1. The van der Waals surface area contributed by atoms with Crippen molar-refractivity contribution in [1.82, 2.24) is 20.5 Å². The first kappa shape index (κ1) is 15.2. The van der Waals surface area contributed by atoms with Gasteiger partial charge in [0, 0.05) is 38.1 Å². The van der Waals surface area contributed by atoms with Gasteiger partial charge in [0.05, 0.1) is 12.7 Å². The second kappa shape index (κ2) is 7.56. The van der Waals surface area contributed by atoms with Crippen LogP contribution >= 0.6 is 0 Å². The first-order chi connectivity index (χ1) is 10.8. The van der Waals surface area contributed by atoms with E-state index in [0.717, 1.165) is 25.1 Å². The summed E-state index contributed by atoms with van der Waals surface area (Å²) in [5.74, 6) is 0. The molecular formula is C16H24N4O2. The Bertz CT molecular complexity index is 482. The highest BCUT2D eigenvalue weighted by Crippen LogP contribution is 2.22. The lowest BCUT2D eigenvalue weighted by Crippen LogP contribution is -2.51. The third-order valence-corrected chi connectivity index (χ3v) is 4.37. The molecule has 1 aromatic rings. The van der Waals surface area contributed by atoms with E-state index in [4.69, 9.17) is 4.74 Å². The van der Waals surface area contributed by atoms with E-state index in [2.05, 4.69) is 20.5 Å². The van der Waals surface area contributed by atoms with Gasteiger partial charge >= 0.3 is 6.03 Å². The van der Waals surface area contributed by atoms with Crippen molar-refractivity contribution < 1.29 is 9.53 Å². The summed E-state index contributed by atoms with van der Waals surface area (Å²) in [6.45, 7) is 4.08. The van der Waals surface area contributed by atoms with Crippen LogP contribution in [0.2, 0.25) is 0 Å². The molecule has 6 nitrogen and oxygen atoms in total. The number of morpholine rings is 1. The van der Waals surface area contributed by atoms with Crippen LogP contribution in [0.5, 0.6) is 0 Å². The number of hydrogen-bond donors (Lipinski definition) is 2. The maximum Gasteiger partial charge on any atom is 0.314 e. The summed E-state index contributed by atoms with van der Waals surface area (Å²) in [4.78, 5) is 18.3. The number of carbonyl (C=O) groups is 1. The minimum absolute atomic E-state index is 0.110. The molecule has 0 aromatic carbocycles. The largest absolute Gasteiger partial charge is 0.373 e. The van der Waals surface area contributed by atoms with Crippen LogP contribution in [0.1, 0.15) is 18.4 Å². The van der Waals surface area contributed by atoms with Crippen LogP contribution in [0.4, 0.5) is 4.79 Å². The van der Waals surface area contributed by atoms with Gasteiger partial charge in [0.25, 0.3) is 0 Å². The number of aromatic nitrogens is 1. The number of hydrogen-bond acceptors (Lipinski definition) is 4. The summed E-state index contributed by atoms with van der Waals surface area (Å²) in [6.07, 6.45) is 6.98. The molecule has 2 N–H and O–H groups in total. The van der Waals surface area contributed by atoms with E-state index < -0.39 is 0 Å². The Kier molecular flexibility index (Phi) is 5.24. The Morgan fingerprint density at radius 3 is 3.27 bits per heavy atom. The molecule has 2 atom stereocenters. The molecule has 0 bridgehead atoms. The number of amides is 2. The monoisotopic (exact) mass is 304 g/mol. The van der Waals surface area contributed by atoms with Gasteiger partial charge in [-0.1, -0.05) is 6.07 Å². The van der Waals surface area contributed by atoms with E-state index in [1.165, 1.54) is 19.4 Å². The number of carbonyl (C=O) groups excluding carboxylic acids is 1. The van der Waals surface area contributed by atoms with Crippen LogP contribution in [0, 0.1) is 0 Å². The van der Waals surface area contributed by atoms with Crippen LogP contribution in [0.3, 0.4) is 0 Å². The molecule has 120 valence electrons. The second-order valence-corrected chi connectivity index (χ2v) is 5.99. The number of nitrogens with one attached hydrogen (secondary N) is 2. The average Bonchev–Trinajstić information content (AvgIpc) is 3.01. The number of nitrogens with zero attached hydrogens (tertiary/aromatic N) is 2. The first-order valence-electron chi connectivity index (χ1n) is 8.07. The molecule has 2 saturated heterocycles. The molecule has 0 spiro atoms. The van der Waals surface area contributed by atoms with E-state index in [0.29, 0.717) is 19.1 Å². The molecular weight excluding hydrogens is 280 g/mol. The fraction of sp³-hybridized carbons (Fsp3) is 0.625. The molecule has 2 fully saturated rings. The minimum Gasteiger partial charge on any atom is -0.373 e. The predicted molar refractivity (Wildman–Crippen MR) is 83.7 cm³/mol. The average molecular weight is 304 g/mol. The van der Waals surface area contributed by atoms with E-state index in [9.17, 15) is 4.79 Å². The van der Waals surface area contributed by atoms with Crippen molar-refractivity contribution in [2.75, 3.05) is 32.8 Å². The van der Waals surface area contributed by atoms with E-state index in [1.54, 1.807) is 6.20 Å². The Labute approximate surface area is 131 Å². The van der Waals surface area contributed by atoms with Gasteiger partial charge in [-0.15, -0.1) is 0 Å². The third-order valence-electron chi connectivity index (χ3n) is 4.37. The van der Waals surface area contributed by atoms with Crippen LogP contribution in [0.25, 0.3) is 0 Å². The molecule has 2 aliphatic heterocycles. The standard InChI is InChI=1S/C16H24N4O2/c21-16(18-7-5-13-3-1-6-17-9-13)19-10-15-11-20-8-2-4-14(20)12-22-15/h1,3,6,9,14-15H,2,4-5,7-8,10-12H2,(H2,18,19,21). The molecule has 0 saturated carbocycles. The molecule has 2 unspecified atom stereocenters. The Hall–Kier alpha value is -1.66. The molecule has 0 aliphatic carbocycles. The fourth-order valence-corrected chi connectivity index (χ4v) is 3.14. The highest BCUT2D eigenvalue weighted by Gasteiger charge is 2.32. The number of rotatable bonds is 5. The van der Waals surface area contributed by atoms with Crippen molar-refractivity contribution in [3.05, 3.63) is 30.1 Å².